The van der Waals surface area contributed by atoms with Crippen LogP contribution in [-0.2, 0) is 13.0 Å². The Hall–Kier alpha value is -0.860. The van der Waals surface area contributed by atoms with E-state index in [1.54, 1.807) is 0 Å². The molecule has 0 fully saturated rings. The van der Waals surface area contributed by atoms with Crippen molar-refractivity contribution in [3.8, 4) is 0 Å². The molecular weight excluding hydrogens is 210 g/mol. The second kappa shape index (κ2) is 7.46. The van der Waals surface area contributed by atoms with Gasteiger partial charge in [0.25, 0.3) is 0 Å². The molecule has 96 valence electrons. The van der Waals surface area contributed by atoms with Crippen molar-refractivity contribution in [3.63, 3.8) is 0 Å². The summed E-state index contributed by atoms with van der Waals surface area (Å²) in [6.07, 6.45) is 2.10. The van der Waals surface area contributed by atoms with Gasteiger partial charge in [-0.3, -0.25) is 0 Å². The number of hydrogen-bond acceptors (Lipinski definition) is 2. The van der Waals surface area contributed by atoms with Crippen LogP contribution >= 0.6 is 0 Å². The number of aliphatic hydroxyl groups is 1. The van der Waals surface area contributed by atoms with Gasteiger partial charge in [0.2, 0.25) is 0 Å². The summed E-state index contributed by atoms with van der Waals surface area (Å²) in [5, 5.41) is 12.4. The van der Waals surface area contributed by atoms with Gasteiger partial charge in [0, 0.05) is 12.6 Å². The fourth-order valence-electron chi connectivity index (χ4n) is 1.86. The number of nitrogens with one attached hydrogen (secondary N) is 1. The lowest BCUT2D eigenvalue weighted by Crippen LogP contribution is -2.31. The van der Waals surface area contributed by atoms with Crippen LogP contribution < -0.4 is 5.32 Å². The summed E-state index contributed by atoms with van der Waals surface area (Å²) in [5.74, 6) is 0.706. The second-order valence-corrected chi connectivity index (χ2v) is 5.08. The number of aliphatic hydroxyl groups excluding tert-OH is 1. The molecular formula is C15H25NO. The predicted octanol–water partition coefficient (Wildman–Crippen LogP) is 2.75. The second-order valence-electron chi connectivity index (χ2n) is 5.08. The first-order valence-corrected chi connectivity index (χ1v) is 6.57. The largest absolute Gasteiger partial charge is 0.395 e. The quantitative estimate of drug-likeness (QED) is 0.761. The molecule has 2 heteroatoms. The summed E-state index contributed by atoms with van der Waals surface area (Å²) in [6.45, 7) is 7.60. The fourth-order valence-corrected chi connectivity index (χ4v) is 1.86. The molecule has 2 N–H and O–H groups in total. The highest BCUT2D eigenvalue weighted by molar-refractivity contribution is 5.22. The standard InChI is InChI=1S/C15H25NO/c1-4-15(11-17)16-10-14-7-5-13(6-8-14)9-12(2)3/h5-8,12,15-17H,4,9-11H2,1-3H3/t15-/m1/s1. The Labute approximate surface area is 105 Å². The minimum Gasteiger partial charge on any atom is -0.395 e. The highest BCUT2D eigenvalue weighted by Gasteiger charge is 2.03. The van der Waals surface area contributed by atoms with E-state index in [-0.39, 0.29) is 12.6 Å². The number of benzene rings is 1. The number of hydrogen-bond donors (Lipinski definition) is 2. The third kappa shape index (κ3) is 5.33. The molecule has 1 aromatic rings. The summed E-state index contributed by atoms with van der Waals surface area (Å²) in [5.41, 5.74) is 2.68. The van der Waals surface area contributed by atoms with Crippen LogP contribution in [0.25, 0.3) is 0 Å². The molecule has 0 aliphatic rings. The molecule has 0 saturated heterocycles. The first-order chi connectivity index (χ1) is 8.15. The first kappa shape index (κ1) is 14.2. The van der Waals surface area contributed by atoms with E-state index in [0.717, 1.165) is 19.4 Å². The first-order valence-electron chi connectivity index (χ1n) is 6.57. The Kier molecular flexibility index (Phi) is 6.23. The lowest BCUT2D eigenvalue weighted by Gasteiger charge is -2.14. The van der Waals surface area contributed by atoms with Crippen molar-refractivity contribution in [2.75, 3.05) is 6.61 Å². The van der Waals surface area contributed by atoms with E-state index >= 15 is 0 Å². The van der Waals surface area contributed by atoms with E-state index in [0.29, 0.717) is 5.92 Å². The van der Waals surface area contributed by atoms with Crippen LogP contribution in [0.2, 0.25) is 0 Å². The molecule has 0 unspecified atom stereocenters. The molecule has 0 bridgehead atoms. The Balaban J connectivity index is 2.45. The summed E-state index contributed by atoms with van der Waals surface area (Å²) in [7, 11) is 0. The van der Waals surface area contributed by atoms with Gasteiger partial charge in [0.1, 0.15) is 0 Å². The van der Waals surface area contributed by atoms with E-state index in [4.69, 9.17) is 5.11 Å². The maximum absolute atomic E-state index is 9.08. The van der Waals surface area contributed by atoms with Crippen LogP contribution in [0.1, 0.15) is 38.3 Å². The third-order valence-corrected chi connectivity index (χ3v) is 2.97. The lowest BCUT2D eigenvalue weighted by molar-refractivity contribution is 0.238. The van der Waals surface area contributed by atoms with Crippen molar-refractivity contribution in [1.82, 2.24) is 5.32 Å². The summed E-state index contributed by atoms with van der Waals surface area (Å²) in [4.78, 5) is 0. The highest BCUT2D eigenvalue weighted by atomic mass is 16.3. The molecule has 0 radical (unpaired) electrons. The van der Waals surface area contributed by atoms with Crippen molar-refractivity contribution >= 4 is 0 Å². The third-order valence-electron chi connectivity index (χ3n) is 2.97. The Morgan fingerprint density at radius 2 is 1.71 bits per heavy atom. The van der Waals surface area contributed by atoms with E-state index in [9.17, 15) is 0 Å². The van der Waals surface area contributed by atoms with Crippen LogP contribution in [0.4, 0.5) is 0 Å². The zero-order valence-corrected chi connectivity index (χ0v) is 11.2. The van der Waals surface area contributed by atoms with Crippen LogP contribution in [0.5, 0.6) is 0 Å². The smallest absolute Gasteiger partial charge is 0.0584 e. The molecule has 1 rings (SSSR count). The SMILES string of the molecule is CC[C@H](CO)NCc1ccc(CC(C)C)cc1. The molecule has 0 heterocycles. The van der Waals surface area contributed by atoms with Gasteiger partial charge in [-0.25, -0.2) is 0 Å². The van der Waals surface area contributed by atoms with Crippen molar-refractivity contribution in [1.29, 1.82) is 0 Å². The highest BCUT2D eigenvalue weighted by Crippen LogP contribution is 2.10. The Bertz CT molecular complexity index is 301. The van der Waals surface area contributed by atoms with E-state index in [1.165, 1.54) is 11.1 Å². The van der Waals surface area contributed by atoms with Gasteiger partial charge in [-0.2, -0.15) is 0 Å². The average Bonchev–Trinajstić information content (AvgIpc) is 2.32. The van der Waals surface area contributed by atoms with Crippen molar-refractivity contribution < 1.29 is 5.11 Å². The summed E-state index contributed by atoms with van der Waals surface area (Å²) >= 11 is 0. The van der Waals surface area contributed by atoms with Crippen molar-refractivity contribution in [3.05, 3.63) is 35.4 Å². The molecule has 0 spiro atoms. The normalized spacial score (nSPS) is 13.0. The maximum atomic E-state index is 9.08. The molecule has 17 heavy (non-hydrogen) atoms. The van der Waals surface area contributed by atoms with Gasteiger partial charge in [-0.1, -0.05) is 45.0 Å². The van der Waals surface area contributed by atoms with E-state index < -0.39 is 0 Å². The fraction of sp³-hybridized carbons (Fsp3) is 0.600. The topological polar surface area (TPSA) is 32.3 Å². The number of rotatable bonds is 7. The zero-order chi connectivity index (χ0) is 12.7. The minimum atomic E-state index is 0.210. The van der Waals surface area contributed by atoms with Gasteiger partial charge in [0.15, 0.2) is 0 Å². The lowest BCUT2D eigenvalue weighted by atomic mass is 10.0. The maximum Gasteiger partial charge on any atom is 0.0584 e. The van der Waals surface area contributed by atoms with E-state index in [2.05, 4.69) is 50.4 Å². The molecule has 0 saturated carbocycles. The van der Waals surface area contributed by atoms with Crippen LogP contribution in [0.15, 0.2) is 24.3 Å². The summed E-state index contributed by atoms with van der Waals surface area (Å²) < 4.78 is 0. The molecule has 0 aliphatic heterocycles. The van der Waals surface area contributed by atoms with Crippen LogP contribution in [0.3, 0.4) is 0 Å². The van der Waals surface area contributed by atoms with Gasteiger partial charge < -0.3 is 10.4 Å². The molecule has 0 aromatic heterocycles. The Morgan fingerprint density at radius 1 is 1.12 bits per heavy atom. The van der Waals surface area contributed by atoms with Crippen LogP contribution in [-0.4, -0.2) is 17.8 Å². The molecule has 1 atom stereocenters. The van der Waals surface area contributed by atoms with Gasteiger partial charge in [0.05, 0.1) is 6.61 Å². The predicted molar refractivity (Wildman–Crippen MR) is 73.0 cm³/mol. The minimum absolute atomic E-state index is 0.210. The van der Waals surface area contributed by atoms with Gasteiger partial charge in [-0.05, 0) is 29.9 Å². The van der Waals surface area contributed by atoms with Gasteiger partial charge in [-0.15, -0.1) is 0 Å². The van der Waals surface area contributed by atoms with Crippen LogP contribution in [0, 0.1) is 5.92 Å². The molecule has 0 aliphatic carbocycles. The molecule has 1 aromatic carbocycles. The van der Waals surface area contributed by atoms with Crippen molar-refractivity contribution in [2.24, 2.45) is 5.92 Å². The monoisotopic (exact) mass is 235 g/mol. The Morgan fingerprint density at radius 3 is 2.18 bits per heavy atom. The van der Waals surface area contributed by atoms with Gasteiger partial charge >= 0.3 is 0 Å². The van der Waals surface area contributed by atoms with E-state index in [1.807, 2.05) is 0 Å². The van der Waals surface area contributed by atoms with Crippen molar-refractivity contribution in [2.45, 2.75) is 46.2 Å². The summed E-state index contributed by atoms with van der Waals surface area (Å²) in [6, 6.07) is 8.97. The zero-order valence-electron chi connectivity index (χ0n) is 11.2. The average molecular weight is 235 g/mol. The molecule has 2 nitrogen and oxygen atoms in total. The molecule has 0 amide bonds.